The summed E-state index contributed by atoms with van der Waals surface area (Å²) in [5.74, 6) is 1.94. The van der Waals surface area contributed by atoms with Crippen molar-refractivity contribution < 1.29 is 8.81 Å². The molecule has 4 heteroatoms. The van der Waals surface area contributed by atoms with Crippen LogP contribution >= 0.6 is 0 Å². The third-order valence-corrected chi connectivity index (χ3v) is 4.76. The summed E-state index contributed by atoms with van der Waals surface area (Å²) in [6, 6.07) is 11.0. The van der Waals surface area contributed by atoms with Gasteiger partial charge in [-0.3, -0.25) is 4.98 Å². The lowest BCUT2D eigenvalue weighted by molar-refractivity contribution is 0.378. The summed E-state index contributed by atoms with van der Waals surface area (Å²) in [6.07, 6.45) is 3.32. The minimum absolute atomic E-state index is 0.172. The van der Waals surface area contributed by atoms with Crippen LogP contribution in [0.4, 0.5) is 4.39 Å². The number of hydrogen-bond donors (Lipinski definition) is 0. The van der Waals surface area contributed by atoms with Crippen molar-refractivity contribution in [1.29, 1.82) is 0 Å². The predicted molar refractivity (Wildman–Crippen MR) is 90.2 cm³/mol. The van der Waals surface area contributed by atoms with Gasteiger partial charge >= 0.3 is 0 Å². The second-order valence-electron chi connectivity index (χ2n) is 6.66. The molecule has 0 saturated carbocycles. The Hall–Kier alpha value is -2.49. The van der Waals surface area contributed by atoms with E-state index in [1.54, 1.807) is 18.3 Å². The molecule has 0 radical (unpaired) electrons. The first-order valence-corrected chi connectivity index (χ1v) is 8.27. The van der Waals surface area contributed by atoms with E-state index < -0.39 is 0 Å². The van der Waals surface area contributed by atoms with Crippen LogP contribution in [0.1, 0.15) is 35.4 Å². The fraction of sp³-hybridized carbons (Fsp3) is 0.300. The maximum Gasteiger partial charge on any atom is 0.245 e. The van der Waals surface area contributed by atoms with Crippen molar-refractivity contribution in [3.8, 4) is 11.6 Å². The second-order valence-corrected chi connectivity index (χ2v) is 6.66. The van der Waals surface area contributed by atoms with E-state index in [1.165, 1.54) is 0 Å². The number of rotatable bonds is 2. The first-order valence-electron chi connectivity index (χ1n) is 8.27. The molecule has 1 aromatic carbocycles. The Labute approximate surface area is 140 Å². The molecule has 2 heterocycles. The first-order chi connectivity index (χ1) is 11.6. The number of pyridine rings is 1. The molecule has 0 bridgehead atoms. The molecule has 2 aromatic heterocycles. The summed E-state index contributed by atoms with van der Waals surface area (Å²) in [4.78, 5) is 8.94. The smallest absolute Gasteiger partial charge is 0.245 e. The molecule has 3 nitrogen and oxygen atoms in total. The van der Waals surface area contributed by atoms with Gasteiger partial charge in [0.15, 0.2) is 0 Å². The van der Waals surface area contributed by atoms with Gasteiger partial charge in [0.25, 0.3) is 0 Å². The molecule has 1 aliphatic carbocycles. The summed E-state index contributed by atoms with van der Waals surface area (Å²) < 4.78 is 19.8. The van der Waals surface area contributed by atoms with Gasteiger partial charge < -0.3 is 4.42 Å². The zero-order valence-corrected chi connectivity index (χ0v) is 13.8. The predicted octanol–water partition coefficient (Wildman–Crippen LogP) is 4.70. The van der Waals surface area contributed by atoms with Gasteiger partial charge in [0.1, 0.15) is 17.3 Å². The number of aromatic nitrogens is 2. The number of aryl methyl sites for hydroxylation is 1. The average molecular weight is 322 g/mol. The fourth-order valence-electron chi connectivity index (χ4n) is 3.57. The van der Waals surface area contributed by atoms with Crippen LogP contribution in [0.2, 0.25) is 0 Å². The molecule has 1 aliphatic rings. The molecule has 0 N–H and O–H groups in total. The topological polar surface area (TPSA) is 38.9 Å². The maximum atomic E-state index is 13.8. The standard InChI is InChI=1S/C20H19FN2O/c1-12-7-14(10-15(21)8-12)16-11-19-18(9-13(16)2)23-20(24-19)17-5-3-4-6-22-17/h3-8,10,13,16H,9,11H2,1-2H3. The number of hydrogen-bond acceptors (Lipinski definition) is 3. The number of oxazole rings is 1. The summed E-state index contributed by atoms with van der Waals surface area (Å²) in [7, 11) is 0. The summed E-state index contributed by atoms with van der Waals surface area (Å²) >= 11 is 0. The van der Waals surface area contributed by atoms with Crippen molar-refractivity contribution >= 4 is 0 Å². The van der Waals surface area contributed by atoms with Gasteiger partial charge in [0, 0.05) is 12.6 Å². The lowest BCUT2D eigenvalue weighted by Crippen LogP contribution is -2.21. The molecule has 3 aromatic rings. The Balaban J connectivity index is 1.68. The fourth-order valence-corrected chi connectivity index (χ4v) is 3.57. The van der Waals surface area contributed by atoms with Crippen LogP contribution in [0.5, 0.6) is 0 Å². The zero-order chi connectivity index (χ0) is 16.7. The SMILES string of the molecule is Cc1cc(F)cc(C2Cc3oc(-c4ccccn4)nc3CC2C)c1. The van der Waals surface area contributed by atoms with E-state index in [0.717, 1.165) is 41.1 Å². The summed E-state index contributed by atoms with van der Waals surface area (Å²) in [6.45, 7) is 4.13. The molecule has 0 spiro atoms. The van der Waals surface area contributed by atoms with E-state index >= 15 is 0 Å². The highest BCUT2D eigenvalue weighted by Gasteiger charge is 2.31. The highest BCUT2D eigenvalue weighted by atomic mass is 19.1. The zero-order valence-electron chi connectivity index (χ0n) is 13.8. The number of fused-ring (bicyclic) bond motifs is 1. The van der Waals surface area contributed by atoms with E-state index in [4.69, 9.17) is 4.42 Å². The molecule has 2 atom stereocenters. The van der Waals surface area contributed by atoms with Gasteiger partial charge in [-0.25, -0.2) is 9.37 Å². The van der Waals surface area contributed by atoms with Gasteiger partial charge in [-0.2, -0.15) is 0 Å². The summed E-state index contributed by atoms with van der Waals surface area (Å²) in [5, 5.41) is 0. The minimum Gasteiger partial charge on any atom is -0.440 e. The van der Waals surface area contributed by atoms with Crippen LogP contribution in [0.3, 0.4) is 0 Å². The van der Waals surface area contributed by atoms with E-state index in [1.807, 2.05) is 25.1 Å². The van der Waals surface area contributed by atoms with E-state index in [9.17, 15) is 4.39 Å². The normalized spacial score (nSPS) is 20.0. The van der Waals surface area contributed by atoms with Crippen molar-refractivity contribution in [2.75, 3.05) is 0 Å². The maximum absolute atomic E-state index is 13.8. The Morgan fingerprint density at radius 3 is 2.79 bits per heavy atom. The molecule has 4 rings (SSSR count). The van der Waals surface area contributed by atoms with Crippen molar-refractivity contribution in [1.82, 2.24) is 9.97 Å². The highest BCUT2D eigenvalue weighted by Crippen LogP contribution is 2.38. The largest absolute Gasteiger partial charge is 0.440 e. The molecule has 24 heavy (non-hydrogen) atoms. The molecule has 0 fully saturated rings. The van der Waals surface area contributed by atoms with Gasteiger partial charge in [0.05, 0.1) is 5.69 Å². The van der Waals surface area contributed by atoms with E-state index in [-0.39, 0.29) is 11.7 Å². The van der Waals surface area contributed by atoms with E-state index in [0.29, 0.717) is 11.8 Å². The van der Waals surface area contributed by atoms with Crippen LogP contribution in [0, 0.1) is 18.7 Å². The number of nitrogens with zero attached hydrogens (tertiary/aromatic N) is 2. The van der Waals surface area contributed by atoms with Crippen LogP contribution in [0.25, 0.3) is 11.6 Å². The molecule has 0 amide bonds. The van der Waals surface area contributed by atoms with Crippen LogP contribution in [0.15, 0.2) is 47.0 Å². The number of halogens is 1. The average Bonchev–Trinajstić information content (AvgIpc) is 2.97. The first kappa shape index (κ1) is 15.1. The lowest BCUT2D eigenvalue weighted by Gasteiger charge is -2.28. The minimum atomic E-state index is -0.172. The van der Waals surface area contributed by atoms with Gasteiger partial charge in [-0.05, 0) is 60.6 Å². The second kappa shape index (κ2) is 5.86. The Kier molecular flexibility index (Phi) is 3.68. The Bertz CT molecular complexity index is 852. The molecule has 0 aliphatic heterocycles. The van der Waals surface area contributed by atoms with Gasteiger partial charge in [-0.15, -0.1) is 0 Å². The van der Waals surface area contributed by atoms with Crippen molar-refractivity contribution in [3.05, 3.63) is 71.0 Å². The quantitative estimate of drug-likeness (QED) is 0.686. The molecule has 122 valence electrons. The third kappa shape index (κ3) is 2.73. The molecule has 0 saturated heterocycles. The molecular weight excluding hydrogens is 303 g/mol. The van der Waals surface area contributed by atoms with Crippen molar-refractivity contribution in [2.24, 2.45) is 5.92 Å². The third-order valence-electron chi connectivity index (χ3n) is 4.76. The van der Waals surface area contributed by atoms with Gasteiger partial charge in [0.2, 0.25) is 5.89 Å². The van der Waals surface area contributed by atoms with Crippen molar-refractivity contribution in [2.45, 2.75) is 32.6 Å². The van der Waals surface area contributed by atoms with Gasteiger partial charge in [-0.1, -0.05) is 19.1 Å². The van der Waals surface area contributed by atoms with Crippen LogP contribution in [-0.4, -0.2) is 9.97 Å². The summed E-state index contributed by atoms with van der Waals surface area (Å²) in [5.41, 5.74) is 3.75. The highest BCUT2D eigenvalue weighted by molar-refractivity contribution is 5.47. The van der Waals surface area contributed by atoms with Crippen LogP contribution in [-0.2, 0) is 12.8 Å². The molecule has 2 unspecified atom stereocenters. The lowest BCUT2D eigenvalue weighted by atomic mass is 9.77. The Morgan fingerprint density at radius 1 is 1.17 bits per heavy atom. The van der Waals surface area contributed by atoms with Crippen LogP contribution < -0.4 is 0 Å². The van der Waals surface area contributed by atoms with Crippen molar-refractivity contribution in [3.63, 3.8) is 0 Å². The van der Waals surface area contributed by atoms with E-state index in [2.05, 4.69) is 23.0 Å². The monoisotopic (exact) mass is 322 g/mol. The number of benzene rings is 1. The Morgan fingerprint density at radius 2 is 2.04 bits per heavy atom. The molecular formula is C20H19FN2O.